The smallest absolute Gasteiger partial charge is 0.138 e. The summed E-state index contributed by atoms with van der Waals surface area (Å²) >= 11 is 0. The van der Waals surface area contributed by atoms with Gasteiger partial charge in [-0.2, -0.15) is 0 Å². The summed E-state index contributed by atoms with van der Waals surface area (Å²) < 4.78 is 11.6. The molecule has 0 radical (unpaired) electrons. The zero-order chi connectivity index (χ0) is 12.4. The van der Waals surface area contributed by atoms with Crippen LogP contribution in [0.4, 0.5) is 0 Å². The molecule has 2 heterocycles. The molecule has 1 aliphatic carbocycles. The van der Waals surface area contributed by atoms with Crippen molar-refractivity contribution in [3.05, 3.63) is 0 Å². The average molecular weight is 252 g/mol. The molecule has 1 spiro atoms. The highest BCUT2D eigenvalue weighted by Gasteiger charge is 2.44. The van der Waals surface area contributed by atoms with E-state index in [-0.39, 0.29) is 17.6 Å². The Labute approximate surface area is 109 Å². The first kappa shape index (κ1) is 12.6. The minimum Gasteiger partial charge on any atom is -0.378 e. The fourth-order valence-electron chi connectivity index (χ4n) is 3.58. The molecule has 3 heteroatoms. The van der Waals surface area contributed by atoms with Gasteiger partial charge in [-0.25, -0.2) is 0 Å². The molecular weight excluding hydrogens is 228 g/mol. The number of ether oxygens (including phenoxy) is 2. The maximum atomic E-state index is 12.4. The molecule has 3 aliphatic rings. The summed E-state index contributed by atoms with van der Waals surface area (Å²) in [4.78, 5) is 12.4. The third kappa shape index (κ3) is 2.62. The molecule has 3 nitrogen and oxygen atoms in total. The largest absolute Gasteiger partial charge is 0.378 e. The molecule has 18 heavy (non-hydrogen) atoms. The van der Waals surface area contributed by atoms with Crippen molar-refractivity contribution >= 4 is 5.78 Å². The van der Waals surface area contributed by atoms with E-state index in [0.717, 1.165) is 51.7 Å². The van der Waals surface area contributed by atoms with Gasteiger partial charge in [0.05, 0.1) is 11.7 Å². The van der Waals surface area contributed by atoms with E-state index in [2.05, 4.69) is 0 Å². The van der Waals surface area contributed by atoms with Crippen LogP contribution in [0.25, 0.3) is 0 Å². The van der Waals surface area contributed by atoms with Gasteiger partial charge in [-0.05, 0) is 51.4 Å². The van der Waals surface area contributed by atoms with Gasteiger partial charge < -0.3 is 9.47 Å². The Bertz CT molecular complexity index is 303. The van der Waals surface area contributed by atoms with E-state index in [1.54, 1.807) is 0 Å². The van der Waals surface area contributed by atoms with E-state index in [0.29, 0.717) is 12.2 Å². The van der Waals surface area contributed by atoms with Gasteiger partial charge in [-0.3, -0.25) is 4.79 Å². The van der Waals surface area contributed by atoms with Gasteiger partial charge >= 0.3 is 0 Å². The first-order chi connectivity index (χ1) is 8.77. The standard InChI is InChI=1S/C15H24O3/c16-14(10-13-4-1-2-8-17-13)12-5-9-18-15(11-12)6-3-7-15/h12-13H,1-11H2. The van der Waals surface area contributed by atoms with Gasteiger partial charge in [0.25, 0.3) is 0 Å². The summed E-state index contributed by atoms with van der Waals surface area (Å²) in [5.74, 6) is 0.668. The second kappa shape index (κ2) is 5.30. The van der Waals surface area contributed by atoms with Crippen LogP contribution < -0.4 is 0 Å². The van der Waals surface area contributed by atoms with E-state index in [1.807, 2.05) is 0 Å². The predicted octanol–water partition coefficient (Wildman–Crippen LogP) is 2.86. The first-order valence-corrected chi connectivity index (χ1v) is 7.56. The van der Waals surface area contributed by atoms with Crippen molar-refractivity contribution in [1.29, 1.82) is 0 Å². The lowest BCUT2D eigenvalue weighted by Gasteiger charge is -2.47. The molecule has 1 saturated carbocycles. The van der Waals surface area contributed by atoms with Gasteiger partial charge in [0, 0.05) is 25.6 Å². The first-order valence-electron chi connectivity index (χ1n) is 7.56. The number of carbonyl (C=O) groups is 1. The topological polar surface area (TPSA) is 35.5 Å². The quantitative estimate of drug-likeness (QED) is 0.774. The molecule has 0 amide bonds. The molecule has 3 fully saturated rings. The van der Waals surface area contributed by atoms with Gasteiger partial charge in [-0.1, -0.05) is 0 Å². The van der Waals surface area contributed by atoms with Crippen molar-refractivity contribution in [3.8, 4) is 0 Å². The minimum atomic E-state index is 0.0893. The fraction of sp³-hybridized carbons (Fsp3) is 0.933. The molecule has 3 rings (SSSR count). The number of hydrogen-bond acceptors (Lipinski definition) is 3. The third-order valence-electron chi connectivity index (χ3n) is 4.92. The van der Waals surface area contributed by atoms with E-state index >= 15 is 0 Å². The summed E-state index contributed by atoms with van der Waals surface area (Å²) in [5, 5.41) is 0. The van der Waals surface area contributed by atoms with E-state index in [1.165, 1.54) is 12.8 Å². The average Bonchev–Trinajstić information content (AvgIpc) is 2.38. The van der Waals surface area contributed by atoms with Crippen LogP contribution >= 0.6 is 0 Å². The van der Waals surface area contributed by atoms with E-state index < -0.39 is 0 Å². The van der Waals surface area contributed by atoms with Crippen molar-refractivity contribution in [2.75, 3.05) is 13.2 Å². The number of Topliss-reactive ketones (excluding diaryl/α,β-unsaturated/α-hetero) is 1. The van der Waals surface area contributed by atoms with Crippen LogP contribution in [0.5, 0.6) is 0 Å². The molecule has 0 aromatic rings. The summed E-state index contributed by atoms with van der Waals surface area (Å²) in [6, 6.07) is 0. The Hall–Kier alpha value is -0.410. The summed E-state index contributed by atoms with van der Waals surface area (Å²) in [6.07, 6.45) is 9.78. The lowest BCUT2D eigenvalue weighted by Crippen LogP contribution is -2.47. The molecule has 2 unspecified atom stereocenters. The summed E-state index contributed by atoms with van der Waals surface area (Å²) in [7, 11) is 0. The van der Waals surface area contributed by atoms with Crippen LogP contribution in [0.15, 0.2) is 0 Å². The lowest BCUT2D eigenvalue weighted by molar-refractivity contribution is -0.157. The molecule has 0 aromatic heterocycles. The zero-order valence-electron chi connectivity index (χ0n) is 11.2. The Morgan fingerprint density at radius 1 is 1.11 bits per heavy atom. The van der Waals surface area contributed by atoms with E-state index in [4.69, 9.17) is 9.47 Å². The number of ketones is 1. The molecular formula is C15H24O3. The van der Waals surface area contributed by atoms with Crippen LogP contribution in [-0.2, 0) is 14.3 Å². The van der Waals surface area contributed by atoms with Crippen molar-refractivity contribution in [1.82, 2.24) is 0 Å². The summed E-state index contributed by atoms with van der Waals surface area (Å²) in [5.41, 5.74) is 0.0893. The maximum Gasteiger partial charge on any atom is 0.138 e. The Kier molecular flexibility index (Phi) is 3.71. The molecule has 0 aromatic carbocycles. The van der Waals surface area contributed by atoms with Gasteiger partial charge in [0.1, 0.15) is 5.78 Å². The maximum absolute atomic E-state index is 12.4. The predicted molar refractivity (Wildman–Crippen MR) is 68.5 cm³/mol. The Morgan fingerprint density at radius 3 is 2.67 bits per heavy atom. The van der Waals surface area contributed by atoms with Gasteiger partial charge in [0.15, 0.2) is 0 Å². The molecule has 0 N–H and O–H groups in total. The highest BCUT2D eigenvalue weighted by atomic mass is 16.5. The molecule has 2 aliphatic heterocycles. The van der Waals surface area contributed by atoms with Gasteiger partial charge in [0.2, 0.25) is 0 Å². The second-order valence-electron chi connectivity index (χ2n) is 6.23. The van der Waals surface area contributed by atoms with Gasteiger partial charge in [-0.15, -0.1) is 0 Å². The molecule has 102 valence electrons. The fourth-order valence-corrected chi connectivity index (χ4v) is 3.58. The van der Waals surface area contributed by atoms with Crippen LogP contribution in [0, 0.1) is 5.92 Å². The third-order valence-corrected chi connectivity index (χ3v) is 4.92. The van der Waals surface area contributed by atoms with Crippen LogP contribution in [0.2, 0.25) is 0 Å². The molecule has 0 bridgehead atoms. The minimum absolute atomic E-state index is 0.0893. The summed E-state index contributed by atoms with van der Waals surface area (Å²) in [6.45, 7) is 1.62. The van der Waals surface area contributed by atoms with Crippen molar-refractivity contribution in [2.45, 2.75) is 69.5 Å². The van der Waals surface area contributed by atoms with Crippen LogP contribution in [0.3, 0.4) is 0 Å². The monoisotopic (exact) mass is 252 g/mol. The highest BCUT2D eigenvalue weighted by molar-refractivity contribution is 5.81. The lowest BCUT2D eigenvalue weighted by atomic mass is 9.70. The normalized spacial score (nSPS) is 35.1. The number of rotatable bonds is 3. The van der Waals surface area contributed by atoms with E-state index in [9.17, 15) is 4.79 Å². The van der Waals surface area contributed by atoms with Crippen molar-refractivity contribution in [2.24, 2.45) is 5.92 Å². The number of carbonyl (C=O) groups excluding carboxylic acids is 1. The Morgan fingerprint density at radius 2 is 2.00 bits per heavy atom. The van der Waals surface area contributed by atoms with Crippen LogP contribution in [-0.4, -0.2) is 30.7 Å². The van der Waals surface area contributed by atoms with Crippen LogP contribution in [0.1, 0.15) is 57.8 Å². The van der Waals surface area contributed by atoms with Crippen molar-refractivity contribution in [3.63, 3.8) is 0 Å². The highest BCUT2D eigenvalue weighted by Crippen LogP contribution is 2.44. The second-order valence-corrected chi connectivity index (χ2v) is 6.23. The van der Waals surface area contributed by atoms with Crippen molar-refractivity contribution < 1.29 is 14.3 Å². The SMILES string of the molecule is O=C(CC1CCCCO1)C1CCOC2(CCC2)C1. The zero-order valence-corrected chi connectivity index (χ0v) is 11.2. The molecule has 2 atom stereocenters. The number of hydrogen-bond donors (Lipinski definition) is 0. The Balaban J connectivity index is 1.51. The molecule has 2 saturated heterocycles.